The molecule has 170 valence electrons. The smallest absolute Gasteiger partial charge is 0.378 e. The summed E-state index contributed by atoms with van der Waals surface area (Å²) in [5.41, 5.74) is -0.554. The topological polar surface area (TPSA) is 79.0 Å². The van der Waals surface area contributed by atoms with Crippen LogP contribution >= 0.6 is 0 Å². The van der Waals surface area contributed by atoms with Gasteiger partial charge in [0.25, 0.3) is 0 Å². The predicted octanol–water partition coefficient (Wildman–Crippen LogP) is 2.12. The molecule has 0 aliphatic carbocycles. The highest BCUT2D eigenvalue weighted by molar-refractivity contribution is 5.84. The van der Waals surface area contributed by atoms with Gasteiger partial charge in [0.1, 0.15) is 0 Å². The zero-order valence-corrected chi connectivity index (χ0v) is 17.1. The maximum atomic E-state index is 13.1. The lowest BCUT2D eigenvalue weighted by Gasteiger charge is -2.27. The SMILES string of the molecule is O=C(CCC(=O)N1CCOCC1)NC(CN1CCCC1=O)c1cccc(C(F)(F)F)c1. The van der Waals surface area contributed by atoms with Gasteiger partial charge in [-0.25, -0.2) is 0 Å². The summed E-state index contributed by atoms with van der Waals surface area (Å²) >= 11 is 0. The molecule has 7 nitrogen and oxygen atoms in total. The van der Waals surface area contributed by atoms with Gasteiger partial charge in [0.2, 0.25) is 17.7 Å². The van der Waals surface area contributed by atoms with Crippen molar-refractivity contribution in [3.05, 3.63) is 35.4 Å². The van der Waals surface area contributed by atoms with Crippen molar-refractivity contribution < 1.29 is 32.3 Å². The lowest BCUT2D eigenvalue weighted by Crippen LogP contribution is -2.42. The van der Waals surface area contributed by atoms with Crippen molar-refractivity contribution in [2.24, 2.45) is 0 Å². The van der Waals surface area contributed by atoms with Gasteiger partial charge in [0, 0.05) is 45.4 Å². The van der Waals surface area contributed by atoms with Crippen molar-refractivity contribution in [1.82, 2.24) is 15.1 Å². The van der Waals surface area contributed by atoms with Gasteiger partial charge in [-0.15, -0.1) is 0 Å². The fourth-order valence-corrected chi connectivity index (χ4v) is 3.74. The number of likely N-dealkylation sites (tertiary alicyclic amines) is 1. The number of hydrogen-bond acceptors (Lipinski definition) is 4. The normalized spacial score (nSPS) is 18.2. The molecule has 1 aromatic rings. The van der Waals surface area contributed by atoms with Crippen LogP contribution in [-0.2, 0) is 25.3 Å². The molecule has 0 aromatic heterocycles. The molecule has 1 aromatic carbocycles. The Bertz CT molecular complexity index is 809. The molecule has 2 aliphatic heterocycles. The van der Waals surface area contributed by atoms with Crippen molar-refractivity contribution >= 4 is 17.7 Å². The van der Waals surface area contributed by atoms with E-state index in [0.29, 0.717) is 45.7 Å². The van der Waals surface area contributed by atoms with Crippen molar-refractivity contribution in [2.75, 3.05) is 39.4 Å². The third-order valence-electron chi connectivity index (χ3n) is 5.46. The van der Waals surface area contributed by atoms with Gasteiger partial charge >= 0.3 is 6.18 Å². The highest BCUT2D eigenvalue weighted by Gasteiger charge is 2.32. The van der Waals surface area contributed by atoms with E-state index in [1.165, 1.54) is 12.1 Å². The van der Waals surface area contributed by atoms with Crippen molar-refractivity contribution in [3.63, 3.8) is 0 Å². The highest BCUT2D eigenvalue weighted by Crippen LogP contribution is 2.31. The summed E-state index contributed by atoms with van der Waals surface area (Å²) in [5.74, 6) is -0.701. The summed E-state index contributed by atoms with van der Waals surface area (Å²) in [7, 11) is 0. The van der Waals surface area contributed by atoms with Crippen LogP contribution in [0.2, 0.25) is 0 Å². The van der Waals surface area contributed by atoms with E-state index in [1.807, 2.05) is 0 Å². The zero-order chi connectivity index (χ0) is 22.4. The summed E-state index contributed by atoms with van der Waals surface area (Å²) in [5, 5.41) is 2.72. The van der Waals surface area contributed by atoms with E-state index in [-0.39, 0.29) is 36.8 Å². The van der Waals surface area contributed by atoms with E-state index in [1.54, 1.807) is 9.80 Å². The van der Waals surface area contributed by atoms with Gasteiger partial charge in [-0.3, -0.25) is 14.4 Å². The van der Waals surface area contributed by atoms with E-state index < -0.39 is 23.7 Å². The summed E-state index contributed by atoms with van der Waals surface area (Å²) in [4.78, 5) is 40.0. The number of halogens is 3. The number of carbonyl (C=O) groups excluding carboxylic acids is 3. The van der Waals surface area contributed by atoms with E-state index in [2.05, 4.69) is 5.32 Å². The quantitative estimate of drug-likeness (QED) is 0.703. The molecule has 0 spiro atoms. The van der Waals surface area contributed by atoms with Gasteiger partial charge in [0.15, 0.2) is 0 Å². The van der Waals surface area contributed by atoms with E-state index in [0.717, 1.165) is 12.1 Å². The van der Waals surface area contributed by atoms with Gasteiger partial charge < -0.3 is 19.9 Å². The zero-order valence-electron chi connectivity index (χ0n) is 17.1. The molecule has 3 rings (SSSR count). The third kappa shape index (κ3) is 6.43. The number of nitrogens with zero attached hydrogens (tertiary/aromatic N) is 2. The molecule has 0 bridgehead atoms. The van der Waals surface area contributed by atoms with Crippen molar-refractivity contribution in [3.8, 4) is 0 Å². The molecule has 2 fully saturated rings. The molecule has 1 N–H and O–H groups in total. The molecule has 1 unspecified atom stereocenters. The minimum Gasteiger partial charge on any atom is -0.378 e. The molecule has 2 saturated heterocycles. The molecular weight excluding hydrogens is 415 g/mol. The van der Waals surface area contributed by atoms with Crippen molar-refractivity contribution in [1.29, 1.82) is 0 Å². The first kappa shape index (κ1) is 23.1. The van der Waals surface area contributed by atoms with Crippen LogP contribution in [0.15, 0.2) is 24.3 Å². The standard InChI is InChI=1S/C21H26F3N3O4/c22-21(23,24)16-4-1-3-15(13-16)17(14-27-8-2-5-19(27)29)25-18(28)6-7-20(30)26-9-11-31-12-10-26/h1,3-4,13,17H,2,5-12,14H2,(H,25,28). The van der Waals surface area contributed by atoms with E-state index in [9.17, 15) is 27.6 Å². The van der Waals surface area contributed by atoms with Gasteiger partial charge in [-0.2, -0.15) is 13.2 Å². The van der Waals surface area contributed by atoms with Crippen LogP contribution < -0.4 is 5.32 Å². The number of hydrogen-bond donors (Lipinski definition) is 1. The van der Waals surface area contributed by atoms with Gasteiger partial charge in [-0.05, 0) is 24.1 Å². The van der Waals surface area contributed by atoms with Crippen molar-refractivity contribution in [2.45, 2.75) is 37.9 Å². The van der Waals surface area contributed by atoms with E-state index >= 15 is 0 Å². The monoisotopic (exact) mass is 441 g/mol. The molecule has 2 aliphatic rings. The summed E-state index contributed by atoms with van der Waals surface area (Å²) in [6.45, 7) is 2.45. The molecule has 2 heterocycles. The molecular formula is C21H26F3N3O4. The number of ether oxygens (including phenoxy) is 1. The molecule has 0 radical (unpaired) electrons. The fourth-order valence-electron chi connectivity index (χ4n) is 3.74. The summed E-state index contributed by atoms with van der Waals surface area (Å²) in [6.07, 6.45) is -3.53. The second kappa shape index (κ2) is 10.1. The maximum Gasteiger partial charge on any atom is 0.416 e. The molecule has 10 heteroatoms. The Morgan fingerprint density at radius 1 is 1.13 bits per heavy atom. The Labute approximate surface area is 178 Å². The number of amides is 3. The Morgan fingerprint density at radius 2 is 1.87 bits per heavy atom. The maximum absolute atomic E-state index is 13.1. The third-order valence-corrected chi connectivity index (χ3v) is 5.46. The fraction of sp³-hybridized carbons (Fsp3) is 0.571. The highest BCUT2D eigenvalue weighted by atomic mass is 19.4. The summed E-state index contributed by atoms with van der Waals surface area (Å²) < 4.78 is 44.6. The molecule has 3 amide bonds. The van der Waals surface area contributed by atoms with Crippen LogP contribution in [0, 0.1) is 0 Å². The van der Waals surface area contributed by atoms with Crippen LogP contribution in [0.4, 0.5) is 13.2 Å². The Balaban J connectivity index is 1.67. The average molecular weight is 441 g/mol. The average Bonchev–Trinajstić information content (AvgIpc) is 3.16. The second-order valence-electron chi connectivity index (χ2n) is 7.68. The Morgan fingerprint density at radius 3 is 2.52 bits per heavy atom. The molecule has 1 atom stereocenters. The lowest BCUT2D eigenvalue weighted by molar-refractivity contribution is -0.138. The first-order valence-electron chi connectivity index (χ1n) is 10.3. The first-order valence-corrected chi connectivity index (χ1v) is 10.3. The Kier molecular flexibility index (Phi) is 7.53. The number of rotatable bonds is 7. The first-order chi connectivity index (χ1) is 14.7. The van der Waals surface area contributed by atoms with Gasteiger partial charge in [0.05, 0.1) is 24.8 Å². The minimum absolute atomic E-state index is 0.00376. The Hall–Kier alpha value is -2.62. The summed E-state index contributed by atoms with van der Waals surface area (Å²) in [6, 6.07) is 3.94. The number of morpholine rings is 1. The van der Waals surface area contributed by atoms with Crippen LogP contribution in [0.3, 0.4) is 0 Å². The van der Waals surface area contributed by atoms with Crippen LogP contribution in [0.25, 0.3) is 0 Å². The number of benzene rings is 1. The largest absolute Gasteiger partial charge is 0.416 e. The van der Waals surface area contributed by atoms with E-state index in [4.69, 9.17) is 4.74 Å². The minimum atomic E-state index is -4.52. The number of carbonyl (C=O) groups is 3. The molecule has 0 saturated carbocycles. The number of alkyl halides is 3. The van der Waals surface area contributed by atoms with Gasteiger partial charge in [-0.1, -0.05) is 12.1 Å². The van der Waals surface area contributed by atoms with Crippen LogP contribution in [0.1, 0.15) is 42.9 Å². The van der Waals surface area contributed by atoms with Crippen LogP contribution in [0.5, 0.6) is 0 Å². The lowest BCUT2D eigenvalue weighted by atomic mass is 10.0. The van der Waals surface area contributed by atoms with Crippen LogP contribution in [-0.4, -0.2) is 66.9 Å². The second-order valence-corrected chi connectivity index (χ2v) is 7.68. The number of nitrogens with one attached hydrogen (secondary N) is 1. The predicted molar refractivity (Wildman–Crippen MR) is 105 cm³/mol. The molecule has 31 heavy (non-hydrogen) atoms.